The van der Waals surface area contributed by atoms with E-state index in [0.717, 1.165) is 5.69 Å². The van der Waals surface area contributed by atoms with Crippen molar-refractivity contribution in [3.05, 3.63) is 11.8 Å². The number of hydrogen-bond donors (Lipinski definition) is 1. The first-order valence-electron chi connectivity index (χ1n) is 3.51. The molecule has 0 spiro atoms. The van der Waals surface area contributed by atoms with Crippen molar-refractivity contribution in [3.8, 4) is 0 Å². The summed E-state index contributed by atoms with van der Waals surface area (Å²) in [5.74, 6) is 0.326. The summed E-state index contributed by atoms with van der Waals surface area (Å²) in [4.78, 5) is 0. The molecule has 11 heavy (non-hydrogen) atoms. The van der Waals surface area contributed by atoms with Gasteiger partial charge in [-0.2, -0.15) is 0 Å². The molecule has 62 valence electrons. The second-order valence-electron chi connectivity index (χ2n) is 2.58. The second-order valence-corrected chi connectivity index (χ2v) is 2.58. The Morgan fingerprint density at radius 2 is 2.45 bits per heavy atom. The molecule has 0 aromatic carbocycles. The third-order valence-electron chi connectivity index (χ3n) is 1.14. The van der Waals surface area contributed by atoms with Crippen molar-refractivity contribution < 1.29 is 9.26 Å². The minimum atomic E-state index is 0.202. The number of nitrogens with zero attached hydrogens (tertiary/aromatic N) is 1. The average molecular weight is 156 g/mol. The number of hydrogen-bond acceptors (Lipinski definition) is 4. The molecule has 0 saturated heterocycles. The van der Waals surface area contributed by atoms with Crippen molar-refractivity contribution in [1.82, 2.24) is 5.16 Å². The Labute approximate surface area is 65.3 Å². The molecule has 4 nitrogen and oxygen atoms in total. The minimum absolute atomic E-state index is 0.202. The number of rotatable bonds is 3. The molecule has 0 bridgehead atoms. The van der Waals surface area contributed by atoms with Crippen molar-refractivity contribution in [2.45, 2.75) is 26.6 Å². The Morgan fingerprint density at radius 1 is 1.73 bits per heavy atom. The largest absolute Gasteiger partial charge is 0.372 e. The van der Waals surface area contributed by atoms with Crippen molar-refractivity contribution in [2.75, 3.05) is 5.73 Å². The standard InChI is InChI=1S/C7H12N2O2/c1-5(2)10-4-6-3-7(8)11-9-6/h3,5H,4,8H2,1-2H3. The Kier molecular flexibility index (Phi) is 2.48. The second kappa shape index (κ2) is 3.39. The van der Waals surface area contributed by atoms with Crippen LogP contribution in [0.1, 0.15) is 19.5 Å². The van der Waals surface area contributed by atoms with Crippen LogP contribution in [0.3, 0.4) is 0 Å². The van der Waals surface area contributed by atoms with Crippen LogP contribution in [-0.4, -0.2) is 11.3 Å². The van der Waals surface area contributed by atoms with Crippen LogP contribution in [0, 0.1) is 0 Å². The minimum Gasteiger partial charge on any atom is -0.372 e. The number of nitrogens with two attached hydrogens (primary N) is 1. The summed E-state index contributed by atoms with van der Waals surface area (Å²) in [6, 6.07) is 1.66. The normalized spacial score (nSPS) is 10.8. The molecule has 0 radical (unpaired) electrons. The number of ether oxygens (including phenoxy) is 1. The molecular weight excluding hydrogens is 144 g/mol. The predicted molar refractivity (Wildman–Crippen MR) is 40.8 cm³/mol. The third kappa shape index (κ3) is 2.59. The lowest BCUT2D eigenvalue weighted by Crippen LogP contribution is -2.02. The molecule has 1 rings (SSSR count). The zero-order chi connectivity index (χ0) is 8.27. The van der Waals surface area contributed by atoms with Gasteiger partial charge in [-0.15, -0.1) is 0 Å². The van der Waals surface area contributed by atoms with E-state index >= 15 is 0 Å². The predicted octanol–water partition coefficient (Wildman–Crippen LogP) is 1.18. The number of nitrogen functional groups attached to an aromatic ring is 1. The summed E-state index contributed by atoms with van der Waals surface area (Å²) in [7, 11) is 0. The maximum atomic E-state index is 5.30. The maximum Gasteiger partial charge on any atom is 0.222 e. The molecule has 0 unspecified atom stereocenters. The van der Waals surface area contributed by atoms with Gasteiger partial charge in [0.05, 0.1) is 12.7 Å². The molecular formula is C7H12N2O2. The quantitative estimate of drug-likeness (QED) is 0.713. The highest BCUT2D eigenvalue weighted by molar-refractivity contribution is 5.23. The fourth-order valence-corrected chi connectivity index (χ4v) is 0.648. The number of aromatic nitrogens is 1. The van der Waals surface area contributed by atoms with E-state index in [2.05, 4.69) is 9.68 Å². The van der Waals surface area contributed by atoms with Crippen molar-refractivity contribution in [1.29, 1.82) is 0 Å². The highest BCUT2D eigenvalue weighted by Gasteiger charge is 2.01. The molecule has 4 heteroatoms. The average Bonchev–Trinajstić information content (AvgIpc) is 2.31. The molecule has 1 aromatic heterocycles. The van der Waals surface area contributed by atoms with E-state index in [0.29, 0.717) is 12.5 Å². The van der Waals surface area contributed by atoms with E-state index in [9.17, 15) is 0 Å². The first-order valence-corrected chi connectivity index (χ1v) is 3.51. The summed E-state index contributed by atoms with van der Waals surface area (Å²) in [6.45, 7) is 4.38. The summed E-state index contributed by atoms with van der Waals surface area (Å²) >= 11 is 0. The van der Waals surface area contributed by atoms with E-state index in [4.69, 9.17) is 10.5 Å². The lowest BCUT2D eigenvalue weighted by atomic mass is 10.4. The molecule has 1 aromatic rings. The van der Waals surface area contributed by atoms with Crippen LogP contribution in [0.15, 0.2) is 10.6 Å². The van der Waals surface area contributed by atoms with E-state index in [1.807, 2.05) is 13.8 Å². The molecule has 0 amide bonds. The van der Waals surface area contributed by atoms with Gasteiger partial charge in [-0.25, -0.2) is 0 Å². The summed E-state index contributed by atoms with van der Waals surface area (Å²) < 4.78 is 9.91. The monoisotopic (exact) mass is 156 g/mol. The first kappa shape index (κ1) is 8.07. The van der Waals surface area contributed by atoms with Crippen LogP contribution in [0.25, 0.3) is 0 Å². The van der Waals surface area contributed by atoms with Gasteiger partial charge in [0.1, 0.15) is 5.69 Å². The van der Waals surface area contributed by atoms with Gasteiger partial charge in [0.25, 0.3) is 0 Å². The fourth-order valence-electron chi connectivity index (χ4n) is 0.648. The van der Waals surface area contributed by atoms with Gasteiger partial charge < -0.3 is 15.0 Å². The van der Waals surface area contributed by atoms with E-state index in [1.54, 1.807) is 6.07 Å². The molecule has 0 aliphatic rings. The smallest absolute Gasteiger partial charge is 0.222 e. The van der Waals surface area contributed by atoms with Crippen LogP contribution < -0.4 is 5.73 Å². The summed E-state index contributed by atoms with van der Waals surface area (Å²) in [6.07, 6.45) is 0.202. The molecule has 1 heterocycles. The highest BCUT2D eigenvalue weighted by Crippen LogP contribution is 2.06. The Balaban J connectivity index is 2.39. The van der Waals surface area contributed by atoms with Gasteiger partial charge in [0, 0.05) is 6.07 Å². The Bertz CT molecular complexity index is 220. The SMILES string of the molecule is CC(C)OCc1cc(N)on1. The van der Waals surface area contributed by atoms with Gasteiger partial charge >= 0.3 is 0 Å². The highest BCUT2D eigenvalue weighted by atomic mass is 16.5. The van der Waals surface area contributed by atoms with Gasteiger partial charge in [-0.3, -0.25) is 0 Å². The van der Waals surface area contributed by atoms with Gasteiger partial charge in [0.15, 0.2) is 0 Å². The lowest BCUT2D eigenvalue weighted by molar-refractivity contribution is 0.0620. The van der Waals surface area contributed by atoms with Gasteiger partial charge in [0.2, 0.25) is 5.88 Å². The lowest BCUT2D eigenvalue weighted by Gasteiger charge is -2.03. The number of anilines is 1. The van der Waals surface area contributed by atoms with Gasteiger partial charge in [-0.1, -0.05) is 5.16 Å². The van der Waals surface area contributed by atoms with E-state index < -0.39 is 0 Å². The third-order valence-corrected chi connectivity index (χ3v) is 1.14. The Hall–Kier alpha value is -1.03. The molecule has 0 aliphatic carbocycles. The zero-order valence-corrected chi connectivity index (χ0v) is 6.70. The van der Waals surface area contributed by atoms with Crippen molar-refractivity contribution >= 4 is 5.88 Å². The fraction of sp³-hybridized carbons (Fsp3) is 0.571. The topological polar surface area (TPSA) is 61.3 Å². The first-order chi connectivity index (χ1) is 5.18. The van der Waals surface area contributed by atoms with Crippen molar-refractivity contribution in [3.63, 3.8) is 0 Å². The van der Waals surface area contributed by atoms with Crippen LogP contribution >= 0.6 is 0 Å². The van der Waals surface area contributed by atoms with Crippen LogP contribution in [0.5, 0.6) is 0 Å². The molecule has 2 N–H and O–H groups in total. The Morgan fingerprint density at radius 3 is 2.91 bits per heavy atom. The molecule has 0 atom stereocenters. The van der Waals surface area contributed by atoms with Crippen LogP contribution in [-0.2, 0) is 11.3 Å². The van der Waals surface area contributed by atoms with Crippen LogP contribution in [0.4, 0.5) is 5.88 Å². The maximum absolute atomic E-state index is 5.30. The van der Waals surface area contributed by atoms with Crippen LogP contribution in [0.2, 0.25) is 0 Å². The van der Waals surface area contributed by atoms with E-state index in [1.165, 1.54) is 0 Å². The summed E-state index contributed by atoms with van der Waals surface area (Å²) in [5.41, 5.74) is 6.03. The molecule has 0 saturated carbocycles. The molecule has 0 aliphatic heterocycles. The van der Waals surface area contributed by atoms with Gasteiger partial charge in [-0.05, 0) is 13.8 Å². The zero-order valence-electron chi connectivity index (χ0n) is 6.70. The van der Waals surface area contributed by atoms with E-state index in [-0.39, 0.29) is 6.10 Å². The summed E-state index contributed by atoms with van der Waals surface area (Å²) in [5, 5.41) is 3.66. The molecule has 0 fully saturated rings. The van der Waals surface area contributed by atoms with Crippen molar-refractivity contribution in [2.24, 2.45) is 0 Å².